The fourth-order valence-corrected chi connectivity index (χ4v) is 6.06. The molecule has 0 aliphatic carbocycles. The van der Waals surface area contributed by atoms with Gasteiger partial charge in [0, 0.05) is 85.9 Å². The fraction of sp³-hybridized carbons (Fsp3) is 0.429. The standard InChI is InChI=1S/C28H32N6O/c1-19-15-33(26-8-5-21(14-29)27-24(26)4-3-9-31-27)17-23-18-35-28-20(2)25(32-12-10-30-11-13-32)7-6-22(28)16-34(19)23/h3-9,19,23,30H,10-13,15-18H2,1-2H3. The summed E-state index contributed by atoms with van der Waals surface area (Å²) in [5.41, 5.74) is 6.41. The number of rotatable bonds is 2. The Balaban J connectivity index is 1.29. The number of piperazine rings is 2. The summed E-state index contributed by atoms with van der Waals surface area (Å²) in [7, 11) is 0. The highest BCUT2D eigenvalue weighted by Crippen LogP contribution is 2.38. The molecule has 3 aliphatic rings. The van der Waals surface area contributed by atoms with Gasteiger partial charge in [0.1, 0.15) is 18.4 Å². The van der Waals surface area contributed by atoms with Crippen molar-refractivity contribution in [2.75, 3.05) is 55.7 Å². The molecular weight excluding hydrogens is 436 g/mol. The van der Waals surface area contributed by atoms with E-state index >= 15 is 0 Å². The minimum Gasteiger partial charge on any atom is -0.491 e. The average Bonchev–Trinajstić information content (AvgIpc) is 3.09. The van der Waals surface area contributed by atoms with Gasteiger partial charge in [-0.05, 0) is 44.2 Å². The number of hydrogen-bond acceptors (Lipinski definition) is 7. The molecule has 0 radical (unpaired) electrons. The zero-order chi connectivity index (χ0) is 23.9. The first-order valence-electron chi connectivity index (χ1n) is 12.6. The third-order valence-electron chi connectivity index (χ3n) is 7.85. The molecule has 7 heteroatoms. The number of pyridine rings is 1. The van der Waals surface area contributed by atoms with E-state index in [0.29, 0.717) is 18.2 Å². The zero-order valence-corrected chi connectivity index (χ0v) is 20.5. The van der Waals surface area contributed by atoms with E-state index in [-0.39, 0.29) is 6.04 Å². The fourth-order valence-electron chi connectivity index (χ4n) is 6.06. The molecule has 0 saturated carbocycles. The lowest BCUT2D eigenvalue weighted by Crippen LogP contribution is -2.58. The quantitative estimate of drug-likeness (QED) is 0.619. The van der Waals surface area contributed by atoms with Gasteiger partial charge in [0.15, 0.2) is 0 Å². The van der Waals surface area contributed by atoms with E-state index in [1.165, 1.54) is 16.8 Å². The second kappa shape index (κ2) is 9.03. The van der Waals surface area contributed by atoms with Crippen LogP contribution in [-0.4, -0.2) is 67.8 Å². The number of anilines is 2. The van der Waals surface area contributed by atoms with Crippen molar-refractivity contribution in [3.05, 3.63) is 59.3 Å². The van der Waals surface area contributed by atoms with Crippen molar-refractivity contribution in [3.63, 3.8) is 0 Å². The molecule has 2 saturated heterocycles. The number of nitrogens with zero attached hydrogens (tertiary/aromatic N) is 5. The predicted molar refractivity (Wildman–Crippen MR) is 139 cm³/mol. The van der Waals surface area contributed by atoms with E-state index in [0.717, 1.165) is 68.2 Å². The van der Waals surface area contributed by atoms with Crippen molar-refractivity contribution in [2.24, 2.45) is 0 Å². The van der Waals surface area contributed by atoms with Gasteiger partial charge in [-0.2, -0.15) is 5.26 Å². The summed E-state index contributed by atoms with van der Waals surface area (Å²) >= 11 is 0. The third-order valence-corrected chi connectivity index (χ3v) is 7.85. The Kier molecular flexibility index (Phi) is 5.71. The van der Waals surface area contributed by atoms with Gasteiger partial charge < -0.3 is 19.9 Å². The Labute approximate surface area is 206 Å². The van der Waals surface area contributed by atoms with Gasteiger partial charge in [-0.15, -0.1) is 0 Å². The molecule has 0 bridgehead atoms. The highest BCUT2D eigenvalue weighted by Gasteiger charge is 2.36. The Hall–Kier alpha value is -3.34. The van der Waals surface area contributed by atoms with E-state index in [2.05, 4.69) is 69.2 Å². The third kappa shape index (κ3) is 3.87. The Morgan fingerprint density at radius 3 is 2.71 bits per heavy atom. The van der Waals surface area contributed by atoms with Crippen LogP contribution >= 0.6 is 0 Å². The van der Waals surface area contributed by atoms with Crippen LogP contribution in [0.25, 0.3) is 10.9 Å². The van der Waals surface area contributed by atoms with E-state index in [1.54, 1.807) is 6.20 Å². The molecule has 1 aromatic heterocycles. The van der Waals surface area contributed by atoms with Gasteiger partial charge >= 0.3 is 0 Å². The number of ether oxygens (including phenoxy) is 1. The molecule has 2 aromatic carbocycles. The molecular formula is C28H32N6O. The van der Waals surface area contributed by atoms with Crippen molar-refractivity contribution < 1.29 is 4.74 Å². The topological polar surface area (TPSA) is 67.7 Å². The molecule has 3 aromatic rings. The van der Waals surface area contributed by atoms with E-state index < -0.39 is 0 Å². The second-order valence-electron chi connectivity index (χ2n) is 9.97. The first kappa shape index (κ1) is 22.1. The van der Waals surface area contributed by atoms with Gasteiger partial charge in [0.2, 0.25) is 0 Å². The van der Waals surface area contributed by atoms with Gasteiger partial charge in [-0.1, -0.05) is 6.07 Å². The number of nitrogens with one attached hydrogen (secondary N) is 1. The maximum atomic E-state index is 9.54. The highest BCUT2D eigenvalue weighted by atomic mass is 16.5. The van der Waals surface area contributed by atoms with E-state index in [4.69, 9.17) is 4.74 Å². The lowest BCUT2D eigenvalue weighted by molar-refractivity contribution is 0.0891. The summed E-state index contributed by atoms with van der Waals surface area (Å²) in [6.07, 6.45) is 1.76. The molecule has 1 N–H and O–H groups in total. The van der Waals surface area contributed by atoms with Crippen molar-refractivity contribution in [3.8, 4) is 11.8 Å². The van der Waals surface area contributed by atoms with Crippen molar-refractivity contribution in [2.45, 2.75) is 32.5 Å². The largest absolute Gasteiger partial charge is 0.491 e. The summed E-state index contributed by atoms with van der Waals surface area (Å²) in [6, 6.07) is 15.5. The molecule has 0 amide bonds. The van der Waals surface area contributed by atoms with Gasteiger partial charge in [0.05, 0.1) is 17.1 Å². The van der Waals surface area contributed by atoms with Crippen LogP contribution in [0.4, 0.5) is 11.4 Å². The lowest BCUT2D eigenvalue weighted by atomic mass is 10.0. The predicted octanol–water partition coefficient (Wildman–Crippen LogP) is 3.30. The van der Waals surface area contributed by atoms with Crippen molar-refractivity contribution >= 4 is 22.3 Å². The molecule has 35 heavy (non-hydrogen) atoms. The van der Waals surface area contributed by atoms with Gasteiger partial charge in [-0.3, -0.25) is 9.88 Å². The SMILES string of the molecule is Cc1c(N2CCNCC2)ccc2c1OCC1CN(c3ccc(C#N)c4ncccc34)CC(C)N1C2. The smallest absolute Gasteiger partial charge is 0.128 e. The average molecular weight is 469 g/mol. The molecule has 2 atom stereocenters. The van der Waals surface area contributed by atoms with Crippen LogP contribution < -0.4 is 19.9 Å². The van der Waals surface area contributed by atoms with Crippen molar-refractivity contribution in [1.29, 1.82) is 5.26 Å². The maximum Gasteiger partial charge on any atom is 0.128 e. The Morgan fingerprint density at radius 2 is 1.89 bits per heavy atom. The molecule has 0 spiro atoms. The minimum absolute atomic E-state index is 0.288. The first-order chi connectivity index (χ1) is 17.1. The molecule has 2 unspecified atom stereocenters. The van der Waals surface area contributed by atoms with Gasteiger partial charge in [0.25, 0.3) is 0 Å². The molecule has 7 nitrogen and oxygen atoms in total. The van der Waals surface area contributed by atoms with Crippen LogP contribution in [-0.2, 0) is 6.54 Å². The van der Waals surface area contributed by atoms with Crippen LogP contribution in [0.5, 0.6) is 5.75 Å². The molecule has 6 rings (SSSR count). The van der Waals surface area contributed by atoms with E-state index in [9.17, 15) is 5.26 Å². The number of nitriles is 1. The molecule has 4 heterocycles. The number of hydrogen-bond donors (Lipinski definition) is 1. The monoisotopic (exact) mass is 468 g/mol. The minimum atomic E-state index is 0.288. The zero-order valence-electron chi connectivity index (χ0n) is 20.5. The Morgan fingerprint density at radius 1 is 1.06 bits per heavy atom. The van der Waals surface area contributed by atoms with Crippen LogP contribution in [0, 0.1) is 18.3 Å². The van der Waals surface area contributed by atoms with Crippen LogP contribution in [0.15, 0.2) is 42.6 Å². The first-order valence-corrected chi connectivity index (χ1v) is 12.6. The number of benzene rings is 2. The molecule has 180 valence electrons. The summed E-state index contributed by atoms with van der Waals surface area (Å²) in [4.78, 5) is 12.0. The van der Waals surface area contributed by atoms with Crippen LogP contribution in [0.3, 0.4) is 0 Å². The lowest BCUT2D eigenvalue weighted by Gasteiger charge is -2.45. The van der Waals surface area contributed by atoms with Crippen LogP contribution in [0.1, 0.15) is 23.6 Å². The molecule has 3 aliphatic heterocycles. The normalized spacial score (nSPS) is 22.7. The van der Waals surface area contributed by atoms with Gasteiger partial charge in [-0.25, -0.2) is 0 Å². The van der Waals surface area contributed by atoms with Crippen molar-refractivity contribution in [1.82, 2.24) is 15.2 Å². The summed E-state index contributed by atoms with van der Waals surface area (Å²) in [6.45, 7) is 12.1. The summed E-state index contributed by atoms with van der Waals surface area (Å²) in [5.74, 6) is 1.07. The number of aromatic nitrogens is 1. The summed E-state index contributed by atoms with van der Waals surface area (Å²) in [5, 5.41) is 14.0. The number of fused-ring (bicyclic) bond motifs is 3. The summed E-state index contributed by atoms with van der Waals surface area (Å²) < 4.78 is 6.57. The Bertz CT molecular complexity index is 1290. The van der Waals surface area contributed by atoms with Crippen LogP contribution in [0.2, 0.25) is 0 Å². The molecule has 2 fully saturated rings. The van der Waals surface area contributed by atoms with E-state index in [1.807, 2.05) is 12.1 Å². The maximum absolute atomic E-state index is 9.54. The second-order valence-corrected chi connectivity index (χ2v) is 9.97. The highest BCUT2D eigenvalue weighted by molar-refractivity contribution is 5.95.